The van der Waals surface area contributed by atoms with Crippen molar-refractivity contribution in [2.75, 3.05) is 0 Å². The van der Waals surface area contributed by atoms with Gasteiger partial charge in [0.1, 0.15) is 5.82 Å². The van der Waals surface area contributed by atoms with Crippen LogP contribution in [0.2, 0.25) is 0 Å². The van der Waals surface area contributed by atoms with Crippen LogP contribution in [0.15, 0.2) is 54.9 Å². The van der Waals surface area contributed by atoms with Gasteiger partial charge in [-0.3, -0.25) is 4.79 Å². The maximum atomic E-state index is 13.0. The molecule has 0 bridgehead atoms. The molecule has 1 atom stereocenters. The zero-order chi connectivity index (χ0) is 17.1. The summed E-state index contributed by atoms with van der Waals surface area (Å²) in [6.07, 6.45) is 3.20. The fourth-order valence-corrected chi connectivity index (χ4v) is 2.45. The molecule has 0 aliphatic carbocycles. The number of aromatic nitrogens is 3. The Morgan fingerprint density at radius 1 is 1.21 bits per heavy atom. The maximum Gasteiger partial charge on any atom is 0.255 e. The third-order valence-electron chi connectivity index (χ3n) is 3.84. The van der Waals surface area contributed by atoms with E-state index in [1.165, 1.54) is 18.3 Å². The van der Waals surface area contributed by atoms with Crippen molar-refractivity contribution in [1.82, 2.24) is 20.1 Å². The van der Waals surface area contributed by atoms with Crippen molar-refractivity contribution in [3.63, 3.8) is 0 Å². The lowest BCUT2D eigenvalue weighted by Gasteiger charge is -2.14. The van der Waals surface area contributed by atoms with Gasteiger partial charge in [0.25, 0.3) is 5.91 Å². The first kappa shape index (κ1) is 15.9. The minimum Gasteiger partial charge on any atom is -0.345 e. The second-order valence-electron chi connectivity index (χ2n) is 5.49. The largest absolute Gasteiger partial charge is 0.345 e. The fourth-order valence-electron chi connectivity index (χ4n) is 2.45. The Morgan fingerprint density at radius 2 is 1.96 bits per heavy atom. The number of rotatable bonds is 4. The van der Waals surface area contributed by atoms with Gasteiger partial charge in [-0.15, -0.1) is 0 Å². The van der Waals surface area contributed by atoms with E-state index in [4.69, 9.17) is 0 Å². The molecule has 1 amide bonds. The van der Waals surface area contributed by atoms with Gasteiger partial charge >= 0.3 is 0 Å². The Kier molecular flexibility index (Phi) is 4.37. The van der Waals surface area contributed by atoms with E-state index in [0.29, 0.717) is 17.1 Å². The van der Waals surface area contributed by atoms with Crippen molar-refractivity contribution in [3.8, 4) is 5.82 Å². The highest BCUT2D eigenvalue weighted by Gasteiger charge is 2.18. The topological polar surface area (TPSA) is 59.8 Å². The predicted octanol–water partition coefficient (Wildman–Crippen LogP) is 3.21. The minimum atomic E-state index is -0.301. The van der Waals surface area contributed by atoms with Crippen molar-refractivity contribution in [3.05, 3.63) is 77.5 Å². The van der Waals surface area contributed by atoms with Gasteiger partial charge < -0.3 is 5.32 Å². The van der Waals surface area contributed by atoms with Crippen LogP contribution >= 0.6 is 0 Å². The lowest BCUT2D eigenvalue weighted by Crippen LogP contribution is -2.27. The molecule has 1 aromatic carbocycles. The first-order chi connectivity index (χ1) is 11.6. The number of carbonyl (C=O) groups is 1. The Labute approximate surface area is 139 Å². The van der Waals surface area contributed by atoms with Crippen LogP contribution in [-0.2, 0) is 0 Å². The molecule has 122 valence electrons. The number of pyridine rings is 1. The molecule has 0 saturated heterocycles. The number of benzene rings is 1. The third kappa shape index (κ3) is 3.17. The molecule has 0 aliphatic heterocycles. The molecular formula is C18H17FN4O. The van der Waals surface area contributed by atoms with Gasteiger partial charge in [-0.2, -0.15) is 5.10 Å². The molecule has 6 heteroatoms. The summed E-state index contributed by atoms with van der Waals surface area (Å²) in [5.74, 6) is 0.122. The Bertz CT molecular complexity index is 843. The fraction of sp³-hybridized carbons (Fsp3) is 0.167. The smallest absolute Gasteiger partial charge is 0.255 e. The van der Waals surface area contributed by atoms with Crippen molar-refractivity contribution >= 4 is 5.91 Å². The standard InChI is InChI=1S/C18H17FN4O/c1-12(14-6-8-15(19)9-7-14)22-18(24)16-11-21-23(13(16)2)17-5-3-4-10-20-17/h3-12H,1-2H3,(H,22,24). The molecular weight excluding hydrogens is 307 g/mol. The van der Waals surface area contributed by atoms with Crippen molar-refractivity contribution < 1.29 is 9.18 Å². The van der Waals surface area contributed by atoms with Crippen LogP contribution in [0.5, 0.6) is 0 Å². The van der Waals surface area contributed by atoms with E-state index in [2.05, 4.69) is 15.4 Å². The molecule has 0 spiro atoms. The summed E-state index contributed by atoms with van der Waals surface area (Å²) in [6.45, 7) is 3.67. The van der Waals surface area contributed by atoms with E-state index in [0.717, 1.165) is 5.56 Å². The highest BCUT2D eigenvalue weighted by molar-refractivity contribution is 5.95. The normalized spacial score (nSPS) is 12.0. The van der Waals surface area contributed by atoms with Gasteiger partial charge in [-0.25, -0.2) is 14.1 Å². The average Bonchev–Trinajstić information content (AvgIpc) is 2.98. The number of nitrogens with zero attached hydrogens (tertiary/aromatic N) is 3. The molecule has 1 unspecified atom stereocenters. The molecule has 3 aromatic rings. The summed E-state index contributed by atoms with van der Waals surface area (Å²) in [4.78, 5) is 16.7. The van der Waals surface area contributed by atoms with E-state index in [1.807, 2.05) is 32.0 Å². The van der Waals surface area contributed by atoms with Gasteiger partial charge in [0.05, 0.1) is 23.5 Å². The molecule has 0 radical (unpaired) electrons. The summed E-state index contributed by atoms with van der Waals surface area (Å²) >= 11 is 0. The lowest BCUT2D eigenvalue weighted by atomic mass is 10.1. The quantitative estimate of drug-likeness (QED) is 0.802. The summed E-state index contributed by atoms with van der Waals surface area (Å²) in [7, 11) is 0. The summed E-state index contributed by atoms with van der Waals surface area (Å²) in [5.41, 5.74) is 2.02. The van der Waals surface area contributed by atoms with Crippen LogP contribution in [0.1, 0.15) is 34.6 Å². The van der Waals surface area contributed by atoms with Crippen molar-refractivity contribution in [1.29, 1.82) is 0 Å². The van der Waals surface area contributed by atoms with Crippen LogP contribution < -0.4 is 5.32 Å². The van der Waals surface area contributed by atoms with E-state index in [9.17, 15) is 9.18 Å². The molecule has 24 heavy (non-hydrogen) atoms. The SMILES string of the molecule is Cc1c(C(=O)NC(C)c2ccc(F)cc2)cnn1-c1ccccn1. The number of halogens is 1. The van der Waals surface area contributed by atoms with Gasteiger partial charge in [0.2, 0.25) is 0 Å². The highest BCUT2D eigenvalue weighted by atomic mass is 19.1. The Hall–Kier alpha value is -3.02. The van der Waals surface area contributed by atoms with Crippen molar-refractivity contribution in [2.24, 2.45) is 0 Å². The van der Waals surface area contributed by atoms with E-state index >= 15 is 0 Å². The Balaban J connectivity index is 1.78. The number of hydrogen-bond acceptors (Lipinski definition) is 3. The summed E-state index contributed by atoms with van der Waals surface area (Å²) in [5, 5.41) is 7.14. The molecule has 2 aromatic heterocycles. The summed E-state index contributed by atoms with van der Waals surface area (Å²) < 4.78 is 14.6. The predicted molar refractivity (Wildman–Crippen MR) is 88.4 cm³/mol. The molecule has 2 heterocycles. The van der Waals surface area contributed by atoms with Gasteiger partial charge in [-0.05, 0) is 43.7 Å². The highest BCUT2D eigenvalue weighted by Crippen LogP contribution is 2.16. The molecule has 1 N–H and O–H groups in total. The number of hydrogen-bond donors (Lipinski definition) is 1. The van der Waals surface area contributed by atoms with Crippen LogP contribution in [-0.4, -0.2) is 20.7 Å². The summed E-state index contributed by atoms with van der Waals surface area (Å²) in [6, 6.07) is 11.3. The molecule has 0 fully saturated rings. The number of amides is 1. The first-order valence-corrected chi connectivity index (χ1v) is 7.58. The zero-order valence-corrected chi connectivity index (χ0v) is 13.4. The maximum absolute atomic E-state index is 13.0. The van der Waals surface area contributed by atoms with Gasteiger partial charge in [0.15, 0.2) is 5.82 Å². The first-order valence-electron chi connectivity index (χ1n) is 7.58. The van der Waals surface area contributed by atoms with Gasteiger partial charge in [0, 0.05) is 6.20 Å². The second-order valence-corrected chi connectivity index (χ2v) is 5.49. The molecule has 5 nitrogen and oxygen atoms in total. The van der Waals surface area contributed by atoms with Crippen molar-refractivity contribution in [2.45, 2.75) is 19.9 Å². The number of nitrogens with one attached hydrogen (secondary N) is 1. The van der Waals surface area contributed by atoms with Crippen LogP contribution in [0, 0.1) is 12.7 Å². The van der Waals surface area contributed by atoms with E-state index in [-0.39, 0.29) is 17.8 Å². The van der Waals surface area contributed by atoms with E-state index in [1.54, 1.807) is 23.0 Å². The van der Waals surface area contributed by atoms with E-state index < -0.39 is 0 Å². The minimum absolute atomic E-state index is 0.230. The second kappa shape index (κ2) is 6.62. The lowest BCUT2D eigenvalue weighted by molar-refractivity contribution is 0.0939. The van der Waals surface area contributed by atoms with Crippen LogP contribution in [0.25, 0.3) is 5.82 Å². The van der Waals surface area contributed by atoms with Gasteiger partial charge in [-0.1, -0.05) is 18.2 Å². The third-order valence-corrected chi connectivity index (χ3v) is 3.84. The Morgan fingerprint density at radius 3 is 2.62 bits per heavy atom. The molecule has 0 aliphatic rings. The van der Waals surface area contributed by atoms with Crippen LogP contribution in [0.4, 0.5) is 4.39 Å². The zero-order valence-electron chi connectivity index (χ0n) is 13.4. The molecule has 0 saturated carbocycles. The number of carbonyl (C=O) groups excluding carboxylic acids is 1. The average molecular weight is 324 g/mol. The molecule has 3 rings (SSSR count). The monoisotopic (exact) mass is 324 g/mol. The van der Waals surface area contributed by atoms with Crippen LogP contribution in [0.3, 0.4) is 0 Å².